The Morgan fingerprint density at radius 1 is 1.10 bits per heavy atom. The molecule has 3 rings (SSSR count). The van der Waals surface area contributed by atoms with Gasteiger partial charge in [0.2, 0.25) is 10.0 Å². The molecule has 1 N–H and O–H groups in total. The fourth-order valence-corrected chi connectivity index (χ4v) is 5.03. The van der Waals surface area contributed by atoms with Crippen molar-refractivity contribution < 1.29 is 26.7 Å². The van der Waals surface area contributed by atoms with Crippen LogP contribution in [-0.4, -0.2) is 38.8 Å². The average molecular weight is 445 g/mol. The third-order valence-electron chi connectivity index (χ3n) is 4.61. The predicted molar refractivity (Wildman–Crippen MR) is 105 cm³/mol. The number of nitrogens with one attached hydrogen (secondary N) is 1. The molecule has 1 saturated heterocycles. The van der Waals surface area contributed by atoms with Crippen molar-refractivity contribution in [2.45, 2.75) is 24.2 Å². The van der Waals surface area contributed by atoms with E-state index in [1.807, 2.05) is 0 Å². The summed E-state index contributed by atoms with van der Waals surface area (Å²) >= 11 is 5.83. The van der Waals surface area contributed by atoms with Gasteiger partial charge in [-0.2, -0.15) is 4.31 Å². The van der Waals surface area contributed by atoms with Crippen LogP contribution in [-0.2, 0) is 10.0 Å². The highest BCUT2D eigenvalue weighted by molar-refractivity contribution is 7.89. The summed E-state index contributed by atoms with van der Waals surface area (Å²) in [6, 6.07) is 5.52. The van der Waals surface area contributed by atoms with E-state index in [-0.39, 0.29) is 26.9 Å². The zero-order valence-corrected chi connectivity index (χ0v) is 17.1. The van der Waals surface area contributed by atoms with Gasteiger partial charge in [-0.3, -0.25) is 4.79 Å². The van der Waals surface area contributed by atoms with Crippen LogP contribution >= 0.6 is 11.6 Å². The number of sulfonamides is 1. The van der Waals surface area contributed by atoms with E-state index < -0.39 is 27.6 Å². The molecule has 29 heavy (non-hydrogen) atoms. The highest BCUT2D eigenvalue weighted by Gasteiger charge is 2.29. The molecular weight excluding hydrogens is 426 g/mol. The zero-order chi connectivity index (χ0) is 21.2. The number of rotatable bonds is 5. The maximum absolute atomic E-state index is 13.5. The monoisotopic (exact) mass is 444 g/mol. The summed E-state index contributed by atoms with van der Waals surface area (Å²) in [5.41, 5.74) is -0.131. The summed E-state index contributed by atoms with van der Waals surface area (Å²) < 4.78 is 59.3. The minimum absolute atomic E-state index is 0.0870. The Kier molecular flexibility index (Phi) is 6.40. The first kappa shape index (κ1) is 21.5. The molecule has 10 heteroatoms. The van der Waals surface area contributed by atoms with E-state index in [0.717, 1.165) is 19.3 Å². The van der Waals surface area contributed by atoms with Crippen molar-refractivity contribution in [2.24, 2.45) is 0 Å². The van der Waals surface area contributed by atoms with Crippen LogP contribution in [0, 0.1) is 11.6 Å². The maximum Gasteiger partial charge on any atom is 0.257 e. The lowest BCUT2D eigenvalue weighted by Gasteiger charge is -2.26. The average Bonchev–Trinajstić information content (AvgIpc) is 2.71. The van der Waals surface area contributed by atoms with Gasteiger partial charge in [0.25, 0.3) is 5.91 Å². The van der Waals surface area contributed by atoms with Crippen molar-refractivity contribution in [3.05, 3.63) is 52.6 Å². The fraction of sp³-hybridized carbons (Fsp3) is 0.316. The largest absolute Gasteiger partial charge is 0.495 e. The van der Waals surface area contributed by atoms with Crippen molar-refractivity contribution in [3.63, 3.8) is 0 Å². The Balaban J connectivity index is 1.93. The molecular formula is C19H19ClF2N2O4S. The molecule has 2 aromatic rings. The molecule has 2 aromatic carbocycles. The molecule has 156 valence electrons. The summed E-state index contributed by atoms with van der Waals surface area (Å²) in [7, 11) is -2.48. The normalized spacial score (nSPS) is 15.2. The Morgan fingerprint density at radius 2 is 1.76 bits per heavy atom. The summed E-state index contributed by atoms with van der Waals surface area (Å²) in [6.07, 6.45) is 2.51. The van der Waals surface area contributed by atoms with Crippen LogP contribution in [0.1, 0.15) is 29.6 Å². The molecule has 0 saturated carbocycles. The second-order valence-corrected chi connectivity index (χ2v) is 8.84. The molecule has 0 spiro atoms. The third-order valence-corrected chi connectivity index (χ3v) is 6.84. The number of carbonyl (C=O) groups is 1. The number of carbonyl (C=O) groups excluding carboxylic acids is 1. The van der Waals surface area contributed by atoms with Crippen LogP contribution in [0.4, 0.5) is 14.5 Å². The molecule has 0 aromatic heterocycles. The van der Waals surface area contributed by atoms with Crippen molar-refractivity contribution in [3.8, 4) is 5.75 Å². The fourth-order valence-electron chi connectivity index (χ4n) is 3.10. The SMILES string of the molecule is COc1ccc(NC(=O)c2cc(F)c(F)cc2Cl)cc1S(=O)(=O)N1CCCCC1. The van der Waals surface area contributed by atoms with E-state index in [2.05, 4.69) is 5.32 Å². The molecule has 1 aliphatic rings. The number of benzene rings is 2. The standard InChI is InChI=1S/C19H19ClF2N2O4S/c1-28-17-6-5-12(9-18(17)29(26,27)24-7-3-2-4-8-24)23-19(25)13-10-15(21)16(22)11-14(13)20/h5-6,9-11H,2-4,7-8H2,1H3,(H,23,25). The van der Waals surface area contributed by atoms with Gasteiger partial charge in [0.1, 0.15) is 10.6 Å². The number of anilines is 1. The van der Waals surface area contributed by atoms with Gasteiger partial charge in [0, 0.05) is 18.8 Å². The first-order valence-electron chi connectivity index (χ1n) is 8.88. The summed E-state index contributed by atoms with van der Waals surface area (Å²) in [5.74, 6) is -3.06. The lowest BCUT2D eigenvalue weighted by molar-refractivity contribution is 0.102. The van der Waals surface area contributed by atoms with Crippen molar-refractivity contribution in [1.82, 2.24) is 4.31 Å². The Hall–Kier alpha value is -2.23. The van der Waals surface area contributed by atoms with Crippen LogP contribution in [0.25, 0.3) is 0 Å². The van der Waals surface area contributed by atoms with E-state index in [9.17, 15) is 22.0 Å². The van der Waals surface area contributed by atoms with Gasteiger partial charge in [-0.15, -0.1) is 0 Å². The summed E-state index contributed by atoms with van der Waals surface area (Å²) in [5, 5.41) is 2.19. The first-order chi connectivity index (χ1) is 13.7. The van der Waals surface area contributed by atoms with Crippen molar-refractivity contribution >= 4 is 33.2 Å². The number of hydrogen-bond acceptors (Lipinski definition) is 4. The number of halogens is 3. The number of hydrogen-bond donors (Lipinski definition) is 1. The molecule has 0 unspecified atom stereocenters. The second-order valence-electron chi connectivity index (χ2n) is 6.53. The second kappa shape index (κ2) is 8.64. The van der Waals surface area contributed by atoms with Crippen LogP contribution in [0.15, 0.2) is 35.2 Å². The van der Waals surface area contributed by atoms with Crippen molar-refractivity contribution in [2.75, 3.05) is 25.5 Å². The maximum atomic E-state index is 13.5. The van der Waals surface area contributed by atoms with Gasteiger partial charge < -0.3 is 10.1 Å². The number of ether oxygens (including phenoxy) is 1. The molecule has 0 aliphatic carbocycles. The smallest absolute Gasteiger partial charge is 0.257 e. The third kappa shape index (κ3) is 4.52. The van der Waals surface area contributed by atoms with Crippen LogP contribution in [0.5, 0.6) is 5.75 Å². The molecule has 1 aliphatic heterocycles. The van der Waals surface area contributed by atoms with Crippen LogP contribution in [0.2, 0.25) is 5.02 Å². The number of piperidine rings is 1. The molecule has 6 nitrogen and oxygen atoms in total. The van der Waals surface area contributed by atoms with Gasteiger partial charge in [0.05, 0.1) is 17.7 Å². The summed E-state index contributed by atoms with van der Waals surface area (Å²) in [6.45, 7) is 0.819. The molecule has 1 fully saturated rings. The van der Waals surface area contributed by atoms with Crippen molar-refractivity contribution in [1.29, 1.82) is 0 Å². The van der Waals surface area contributed by atoms with E-state index in [1.54, 1.807) is 0 Å². The van der Waals surface area contributed by atoms with E-state index in [0.29, 0.717) is 25.2 Å². The van der Waals surface area contributed by atoms with E-state index >= 15 is 0 Å². The van der Waals surface area contributed by atoms with Crippen LogP contribution < -0.4 is 10.1 Å². The topological polar surface area (TPSA) is 75.7 Å². The number of methoxy groups -OCH3 is 1. The van der Waals surface area contributed by atoms with Gasteiger partial charge in [0.15, 0.2) is 11.6 Å². The minimum atomic E-state index is -3.83. The minimum Gasteiger partial charge on any atom is -0.495 e. The lowest BCUT2D eigenvalue weighted by atomic mass is 10.2. The predicted octanol–water partition coefficient (Wildman–Crippen LogP) is 4.05. The highest BCUT2D eigenvalue weighted by atomic mass is 35.5. The first-order valence-corrected chi connectivity index (χ1v) is 10.7. The Morgan fingerprint density at radius 3 is 2.41 bits per heavy atom. The lowest BCUT2D eigenvalue weighted by Crippen LogP contribution is -2.35. The van der Waals surface area contributed by atoms with E-state index in [1.165, 1.54) is 29.6 Å². The highest BCUT2D eigenvalue weighted by Crippen LogP contribution is 2.31. The molecule has 0 atom stereocenters. The number of nitrogens with zero attached hydrogens (tertiary/aromatic N) is 1. The molecule has 0 bridgehead atoms. The number of amides is 1. The Bertz CT molecular complexity index is 1040. The van der Waals surface area contributed by atoms with Crippen LogP contribution in [0.3, 0.4) is 0 Å². The quantitative estimate of drug-likeness (QED) is 0.706. The van der Waals surface area contributed by atoms with Gasteiger partial charge >= 0.3 is 0 Å². The summed E-state index contributed by atoms with van der Waals surface area (Å²) in [4.78, 5) is 12.4. The van der Waals surface area contributed by atoms with Gasteiger partial charge in [-0.05, 0) is 43.2 Å². The molecule has 0 radical (unpaired) electrons. The Labute approximate surface area is 172 Å². The van der Waals surface area contributed by atoms with E-state index in [4.69, 9.17) is 16.3 Å². The molecule has 1 amide bonds. The zero-order valence-electron chi connectivity index (χ0n) is 15.5. The molecule has 1 heterocycles. The van der Waals surface area contributed by atoms with Gasteiger partial charge in [-0.25, -0.2) is 17.2 Å². The van der Waals surface area contributed by atoms with Gasteiger partial charge in [-0.1, -0.05) is 18.0 Å².